The summed E-state index contributed by atoms with van der Waals surface area (Å²) in [6.07, 6.45) is -0.132. The second-order valence-corrected chi connectivity index (χ2v) is 6.58. The fourth-order valence-electron chi connectivity index (χ4n) is 2.66. The number of halogens is 1. The van der Waals surface area contributed by atoms with Crippen LogP contribution >= 0.6 is 0 Å². The van der Waals surface area contributed by atoms with Crippen LogP contribution in [-0.4, -0.2) is 53.9 Å². The van der Waals surface area contributed by atoms with Crippen molar-refractivity contribution in [2.75, 3.05) is 26.2 Å². The summed E-state index contributed by atoms with van der Waals surface area (Å²) < 4.78 is 19.4. The van der Waals surface area contributed by atoms with Gasteiger partial charge in [0, 0.05) is 37.7 Å². The molecule has 1 aromatic carbocycles. The number of rotatable bonds is 4. The number of amides is 2. The molecule has 0 bridgehead atoms. The Morgan fingerprint density at radius 3 is 2.12 bits per heavy atom. The van der Waals surface area contributed by atoms with Crippen molar-refractivity contribution in [1.29, 1.82) is 0 Å². The molecular weight excluding hydrogens is 311 g/mol. The normalized spacial score (nSPS) is 15.1. The topological polar surface area (TPSA) is 49.9 Å². The van der Waals surface area contributed by atoms with Crippen LogP contribution in [0.4, 0.5) is 4.39 Å². The van der Waals surface area contributed by atoms with E-state index in [-0.39, 0.29) is 29.6 Å². The zero-order valence-corrected chi connectivity index (χ0v) is 14.7. The predicted molar refractivity (Wildman–Crippen MR) is 89.5 cm³/mol. The average molecular weight is 336 g/mol. The van der Waals surface area contributed by atoms with Crippen molar-refractivity contribution in [1.82, 2.24) is 9.80 Å². The van der Waals surface area contributed by atoms with Gasteiger partial charge in [0.2, 0.25) is 5.91 Å². The minimum absolute atomic E-state index is 0.0464. The van der Waals surface area contributed by atoms with Gasteiger partial charge in [-0.05, 0) is 32.0 Å². The maximum absolute atomic E-state index is 14.0. The molecule has 0 aromatic heterocycles. The Kier molecular flexibility index (Phi) is 5.80. The third-order valence-corrected chi connectivity index (χ3v) is 3.91. The molecule has 24 heavy (non-hydrogen) atoms. The number of benzene rings is 1. The van der Waals surface area contributed by atoms with E-state index in [1.54, 1.807) is 15.9 Å². The number of nitrogens with zero attached hydrogens (tertiary/aromatic N) is 2. The SMILES string of the molecule is CC(C)Oc1ccc(C(=O)N2CCN(C(=O)C(C)C)CC2)cc1F. The van der Waals surface area contributed by atoms with Gasteiger partial charge in [-0.2, -0.15) is 0 Å². The molecule has 132 valence electrons. The highest BCUT2D eigenvalue weighted by atomic mass is 19.1. The standard InChI is InChI=1S/C18H25FN2O3/c1-12(2)17(22)20-7-9-21(10-8-20)18(23)14-5-6-16(15(19)11-14)24-13(3)4/h5-6,11-13H,7-10H2,1-4H3. The second-order valence-electron chi connectivity index (χ2n) is 6.58. The summed E-state index contributed by atoms with van der Waals surface area (Å²) in [6.45, 7) is 9.31. The predicted octanol–water partition coefficient (Wildman–Crippen LogP) is 2.55. The van der Waals surface area contributed by atoms with E-state index in [1.165, 1.54) is 12.1 Å². The lowest BCUT2D eigenvalue weighted by atomic mass is 10.1. The van der Waals surface area contributed by atoms with Gasteiger partial charge in [-0.1, -0.05) is 13.8 Å². The zero-order chi connectivity index (χ0) is 17.9. The van der Waals surface area contributed by atoms with Crippen LogP contribution in [0.3, 0.4) is 0 Å². The van der Waals surface area contributed by atoms with Crippen LogP contribution in [0.5, 0.6) is 5.75 Å². The molecule has 0 atom stereocenters. The van der Waals surface area contributed by atoms with E-state index in [0.717, 1.165) is 0 Å². The first-order chi connectivity index (χ1) is 11.3. The quantitative estimate of drug-likeness (QED) is 0.849. The first kappa shape index (κ1) is 18.2. The van der Waals surface area contributed by atoms with E-state index in [1.807, 2.05) is 27.7 Å². The molecule has 1 fully saturated rings. The molecule has 1 aliphatic heterocycles. The van der Waals surface area contributed by atoms with Crippen LogP contribution in [0, 0.1) is 11.7 Å². The van der Waals surface area contributed by atoms with Gasteiger partial charge in [-0.3, -0.25) is 9.59 Å². The number of hydrogen-bond acceptors (Lipinski definition) is 3. The molecule has 1 heterocycles. The number of hydrogen-bond donors (Lipinski definition) is 0. The lowest BCUT2D eigenvalue weighted by molar-refractivity contribution is -0.135. The molecule has 0 radical (unpaired) electrons. The van der Waals surface area contributed by atoms with Crippen molar-refractivity contribution in [3.63, 3.8) is 0 Å². The molecule has 1 saturated heterocycles. The molecule has 1 aliphatic rings. The molecule has 0 saturated carbocycles. The molecule has 0 spiro atoms. The molecular formula is C18H25FN2O3. The molecule has 2 amide bonds. The van der Waals surface area contributed by atoms with Crippen LogP contribution < -0.4 is 4.74 Å². The van der Waals surface area contributed by atoms with Crippen molar-refractivity contribution >= 4 is 11.8 Å². The summed E-state index contributed by atoms with van der Waals surface area (Å²) in [5, 5.41) is 0. The highest BCUT2D eigenvalue weighted by Gasteiger charge is 2.26. The summed E-state index contributed by atoms with van der Waals surface area (Å²) in [5.41, 5.74) is 0.298. The molecule has 2 rings (SSSR count). The fourth-order valence-corrected chi connectivity index (χ4v) is 2.66. The third-order valence-electron chi connectivity index (χ3n) is 3.91. The van der Waals surface area contributed by atoms with Crippen LogP contribution in [-0.2, 0) is 4.79 Å². The minimum atomic E-state index is -0.539. The van der Waals surface area contributed by atoms with Crippen LogP contribution in [0.1, 0.15) is 38.1 Å². The van der Waals surface area contributed by atoms with Crippen LogP contribution in [0.25, 0.3) is 0 Å². The Bertz CT molecular complexity index is 608. The summed E-state index contributed by atoms with van der Waals surface area (Å²) in [5.74, 6) is -0.558. The van der Waals surface area contributed by atoms with Crippen LogP contribution in [0.15, 0.2) is 18.2 Å². The number of ether oxygens (including phenoxy) is 1. The highest BCUT2D eigenvalue weighted by molar-refractivity contribution is 5.94. The van der Waals surface area contributed by atoms with Crippen LogP contribution in [0.2, 0.25) is 0 Å². The molecule has 1 aromatic rings. The molecule has 5 nitrogen and oxygen atoms in total. The maximum atomic E-state index is 14.0. The van der Waals surface area contributed by atoms with E-state index >= 15 is 0 Å². The maximum Gasteiger partial charge on any atom is 0.254 e. The summed E-state index contributed by atoms with van der Waals surface area (Å²) >= 11 is 0. The van der Waals surface area contributed by atoms with Gasteiger partial charge in [0.05, 0.1) is 6.10 Å². The Balaban J connectivity index is 2.00. The monoisotopic (exact) mass is 336 g/mol. The third kappa shape index (κ3) is 4.24. The lowest BCUT2D eigenvalue weighted by Gasteiger charge is -2.35. The van der Waals surface area contributed by atoms with Crippen molar-refractivity contribution in [3.05, 3.63) is 29.6 Å². The summed E-state index contributed by atoms with van der Waals surface area (Å²) in [7, 11) is 0. The highest BCUT2D eigenvalue weighted by Crippen LogP contribution is 2.21. The van der Waals surface area contributed by atoms with Gasteiger partial charge in [-0.25, -0.2) is 4.39 Å². The van der Waals surface area contributed by atoms with Gasteiger partial charge in [0.1, 0.15) is 0 Å². The largest absolute Gasteiger partial charge is 0.488 e. The summed E-state index contributed by atoms with van der Waals surface area (Å²) in [6, 6.07) is 4.28. The Morgan fingerprint density at radius 2 is 1.62 bits per heavy atom. The Morgan fingerprint density at radius 1 is 1.04 bits per heavy atom. The molecule has 6 heteroatoms. The molecule has 0 N–H and O–H groups in total. The van der Waals surface area contributed by atoms with E-state index in [9.17, 15) is 14.0 Å². The van der Waals surface area contributed by atoms with Crippen molar-refractivity contribution in [2.45, 2.75) is 33.8 Å². The second kappa shape index (κ2) is 7.64. The number of carbonyl (C=O) groups excluding carboxylic acids is 2. The number of carbonyl (C=O) groups is 2. The zero-order valence-electron chi connectivity index (χ0n) is 14.7. The first-order valence-corrected chi connectivity index (χ1v) is 8.34. The van der Waals surface area contributed by atoms with Gasteiger partial charge < -0.3 is 14.5 Å². The van der Waals surface area contributed by atoms with Gasteiger partial charge in [0.25, 0.3) is 5.91 Å². The Labute approximate surface area is 142 Å². The fraction of sp³-hybridized carbons (Fsp3) is 0.556. The average Bonchev–Trinajstić information content (AvgIpc) is 2.55. The van der Waals surface area contributed by atoms with Crippen molar-refractivity contribution in [2.24, 2.45) is 5.92 Å². The van der Waals surface area contributed by atoms with E-state index in [0.29, 0.717) is 31.7 Å². The van der Waals surface area contributed by atoms with E-state index in [4.69, 9.17) is 4.74 Å². The minimum Gasteiger partial charge on any atom is -0.488 e. The van der Waals surface area contributed by atoms with E-state index in [2.05, 4.69) is 0 Å². The molecule has 0 aliphatic carbocycles. The van der Waals surface area contributed by atoms with Crippen molar-refractivity contribution < 1.29 is 18.7 Å². The number of piperazine rings is 1. The Hall–Kier alpha value is -2.11. The first-order valence-electron chi connectivity index (χ1n) is 8.34. The molecule has 0 unspecified atom stereocenters. The van der Waals surface area contributed by atoms with Gasteiger partial charge in [0.15, 0.2) is 11.6 Å². The lowest BCUT2D eigenvalue weighted by Crippen LogP contribution is -2.51. The summed E-state index contributed by atoms with van der Waals surface area (Å²) in [4.78, 5) is 27.9. The smallest absolute Gasteiger partial charge is 0.254 e. The van der Waals surface area contributed by atoms with Gasteiger partial charge >= 0.3 is 0 Å². The van der Waals surface area contributed by atoms with Gasteiger partial charge in [-0.15, -0.1) is 0 Å². The van der Waals surface area contributed by atoms with E-state index < -0.39 is 5.82 Å². The van der Waals surface area contributed by atoms with Crippen molar-refractivity contribution in [3.8, 4) is 5.75 Å².